The molecule has 0 saturated heterocycles. The monoisotopic (exact) mass is 308 g/mol. The fourth-order valence-electron chi connectivity index (χ4n) is 1.50. The van der Waals surface area contributed by atoms with E-state index in [9.17, 15) is 18.3 Å². The zero-order valence-electron chi connectivity index (χ0n) is 9.18. The van der Waals surface area contributed by atoms with Gasteiger partial charge in [0.05, 0.1) is 11.7 Å². The van der Waals surface area contributed by atoms with Gasteiger partial charge in [0, 0.05) is 4.47 Å². The quantitative estimate of drug-likeness (QED) is 0.817. The van der Waals surface area contributed by atoms with E-state index in [-0.39, 0.29) is 12.0 Å². The number of alkyl halides is 3. The lowest BCUT2D eigenvalue weighted by molar-refractivity contribution is -0.139. The molecule has 1 aromatic carbocycles. The van der Waals surface area contributed by atoms with Crippen LogP contribution in [0.25, 0.3) is 0 Å². The maximum Gasteiger partial charge on any atom is 0.416 e. The lowest BCUT2D eigenvalue weighted by Crippen LogP contribution is -2.12. The second-order valence-corrected chi connectivity index (χ2v) is 4.82. The second-order valence-electron chi connectivity index (χ2n) is 3.91. The highest BCUT2D eigenvalue weighted by Gasteiger charge is 2.35. The summed E-state index contributed by atoms with van der Waals surface area (Å²) in [5.74, 6) is 0. The summed E-state index contributed by atoms with van der Waals surface area (Å²) in [6, 6.07) is 3.73. The Bertz CT molecular complexity index is 426. The fourth-order valence-corrected chi connectivity index (χ4v) is 1.87. The van der Waals surface area contributed by atoms with Gasteiger partial charge in [-0.3, -0.25) is 0 Å². The van der Waals surface area contributed by atoms with Crippen LogP contribution in [0, 0.1) is 0 Å². The van der Waals surface area contributed by atoms with E-state index >= 15 is 0 Å². The molecule has 0 fully saturated rings. The normalized spacial score (nSPS) is 13.5. The molecule has 0 amide bonds. The standard InChI is InChI=1S/C12H12BrF3O/c1-7(2)5-11(17)9-4-3-8(13)6-10(9)12(14,15)16/h3-4,6,11,17H,1,5H2,2H3. The molecule has 5 heteroatoms. The highest BCUT2D eigenvalue weighted by Crippen LogP contribution is 2.37. The number of hydrogen-bond donors (Lipinski definition) is 1. The average molecular weight is 309 g/mol. The third-order valence-electron chi connectivity index (χ3n) is 2.22. The van der Waals surface area contributed by atoms with Crippen molar-refractivity contribution in [3.8, 4) is 0 Å². The molecular formula is C12H12BrF3O. The minimum Gasteiger partial charge on any atom is -0.388 e. The Kier molecular flexibility index (Phi) is 4.38. The molecule has 0 heterocycles. The number of hydrogen-bond acceptors (Lipinski definition) is 1. The third kappa shape index (κ3) is 3.85. The molecule has 0 aromatic heterocycles. The predicted molar refractivity (Wildman–Crippen MR) is 63.5 cm³/mol. The van der Waals surface area contributed by atoms with Crippen LogP contribution < -0.4 is 0 Å². The van der Waals surface area contributed by atoms with E-state index in [0.717, 1.165) is 6.07 Å². The van der Waals surface area contributed by atoms with Gasteiger partial charge in [-0.15, -0.1) is 6.58 Å². The average Bonchev–Trinajstić information content (AvgIpc) is 2.14. The molecule has 1 atom stereocenters. The van der Waals surface area contributed by atoms with Crippen molar-refractivity contribution in [2.24, 2.45) is 0 Å². The van der Waals surface area contributed by atoms with E-state index in [1.165, 1.54) is 12.1 Å². The third-order valence-corrected chi connectivity index (χ3v) is 2.71. The SMILES string of the molecule is C=C(C)CC(O)c1ccc(Br)cc1C(F)(F)F. The number of rotatable bonds is 3. The Labute approximate surface area is 106 Å². The van der Waals surface area contributed by atoms with Gasteiger partial charge in [0.2, 0.25) is 0 Å². The smallest absolute Gasteiger partial charge is 0.388 e. The molecule has 0 aliphatic rings. The molecule has 1 rings (SSSR count). The summed E-state index contributed by atoms with van der Waals surface area (Å²) in [6.45, 7) is 5.24. The molecule has 17 heavy (non-hydrogen) atoms. The van der Waals surface area contributed by atoms with Crippen LogP contribution in [0.4, 0.5) is 13.2 Å². The van der Waals surface area contributed by atoms with E-state index in [1.54, 1.807) is 6.92 Å². The van der Waals surface area contributed by atoms with E-state index in [0.29, 0.717) is 10.0 Å². The first-order valence-electron chi connectivity index (χ1n) is 4.91. The van der Waals surface area contributed by atoms with Crippen molar-refractivity contribution < 1.29 is 18.3 Å². The molecule has 1 unspecified atom stereocenters. The van der Waals surface area contributed by atoms with Gasteiger partial charge in [0.15, 0.2) is 0 Å². The fraction of sp³-hybridized carbons (Fsp3) is 0.333. The van der Waals surface area contributed by atoms with Gasteiger partial charge < -0.3 is 5.11 Å². The Hall–Kier alpha value is -0.810. The Morgan fingerprint density at radius 2 is 2.06 bits per heavy atom. The van der Waals surface area contributed by atoms with Gasteiger partial charge in [0.1, 0.15) is 0 Å². The van der Waals surface area contributed by atoms with Crippen molar-refractivity contribution in [1.82, 2.24) is 0 Å². The predicted octanol–water partition coefficient (Wildman–Crippen LogP) is 4.47. The van der Waals surface area contributed by atoms with Crippen LogP contribution >= 0.6 is 15.9 Å². The van der Waals surface area contributed by atoms with Crippen LogP contribution in [0.15, 0.2) is 34.8 Å². The lowest BCUT2D eigenvalue weighted by Gasteiger charge is -2.18. The van der Waals surface area contributed by atoms with Crippen molar-refractivity contribution in [1.29, 1.82) is 0 Å². The zero-order valence-corrected chi connectivity index (χ0v) is 10.8. The van der Waals surface area contributed by atoms with Crippen molar-refractivity contribution in [2.75, 3.05) is 0 Å². The van der Waals surface area contributed by atoms with E-state index < -0.39 is 17.8 Å². The molecule has 1 N–H and O–H groups in total. The van der Waals surface area contributed by atoms with Crippen LogP contribution in [0.2, 0.25) is 0 Å². The maximum absolute atomic E-state index is 12.8. The number of benzene rings is 1. The van der Waals surface area contributed by atoms with Gasteiger partial charge in [-0.05, 0) is 31.0 Å². The molecule has 0 radical (unpaired) electrons. The zero-order chi connectivity index (χ0) is 13.2. The van der Waals surface area contributed by atoms with Crippen molar-refractivity contribution in [3.05, 3.63) is 46.0 Å². The van der Waals surface area contributed by atoms with Crippen LogP contribution in [0.1, 0.15) is 30.6 Å². The van der Waals surface area contributed by atoms with Gasteiger partial charge in [-0.25, -0.2) is 0 Å². The summed E-state index contributed by atoms with van der Waals surface area (Å²) >= 11 is 2.99. The van der Waals surface area contributed by atoms with Gasteiger partial charge in [-0.1, -0.05) is 27.6 Å². The van der Waals surface area contributed by atoms with Gasteiger partial charge in [-0.2, -0.15) is 13.2 Å². The van der Waals surface area contributed by atoms with Crippen LogP contribution in [-0.2, 0) is 6.18 Å². The lowest BCUT2D eigenvalue weighted by atomic mass is 9.98. The highest BCUT2D eigenvalue weighted by atomic mass is 79.9. The van der Waals surface area contributed by atoms with Crippen LogP contribution in [0.5, 0.6) is 0 Å². The molecule has 0 saturated carbocycles. The van der Waals surface area contributed by atoms with Crippen molar-refractivity contribution >= 4 is 15.9 Å². The molecule has 0 spiro atoms. The Morgan fingerprint density at radius 3 is 2.53 bits per heavy atom. The minimum absolute atomic E-state index is 0.116. The Morgan fingerprint density at radius 1 is 1.47 bits per heavy atom. The first-order valence-corrected chi connectivity index (χ1v) is 5.70. The molecule has 1 aromatic rings. The van der Waals surface area contributed by atoms with E-state index in [2.05, 4.69) is 22.5 Å². The van der Waals surface area contributed by atoms with Crippen molar-refractivity contribution in [2.45, 2.75) is 25.6 Å². The molecule has 94 valence electrons. The van der Waals surface area contributed by atoms with E-state index in [4.69, 9.17) is 0 Å². The molecular weight excluding hydrogens is 297 g/mol. The second kappa shape index (κ2) is 5.23. The van der Waals surface area contributed by atoms with Gasteiger partial charge >= 0.3 is 6.18 Å². The summed E-state index contributed by atoms with van der Waals surface area (Å²) < 4.78 is 38.6. The summed E-state index contributed by atoms with van der Waals surface area (Å²) in [4.78, 5) is 0. The molecule has 0 aliphatic carbocycles. The van der Waals surface area contributed by atoms with Crippen LogP contribution in [0.3, 0.4) is 0 Å². The highest BCUT2D eigenvalue weighted by molar-refractivity contribution is 9.10. The van der Waals surface area contributed by atoms with E-state index in [1.807, 2.05) is 0 Å². The first-order chi connectivity index (χ1) is 7.71. The molecule has 1 nitrogen and oxygen atoms in total. The van der Waals surface area contributed by atoms with Crippen LogP contribution in [-0.4, -0.2) is 5.11 Å². The van der Waals surface area contributed by atoms with Gasteiger partial charge in [0.25, 0.3) is 0 Å². The maximum atomic E-state index is 12.8. The largest absolute Gasteiger partial charge is 0.416 e. The topological polar surface area (TPSA) is 20.2 Å². The number of aliphatic hydroxyl groups excluding tert-OH is 1. The summed E-state index contributed by atoms with van der Waals surface area (Å²) in [5.41, 5.74) is -0.308. The summed E-state index contributed by atoms with van der Waals surface area (Å²) in [7, 11) is 0. The Balaban J connectivity index is 3.19. The number of halogens is 4. The minimum atomic E-state index is -4.48. The molecule has 0 bridgehead atoms. The summed E-state index contributed by atoms with van der Waals surface area (Å²) in [5, 5.41) is 9.75. The summed E-state index contributed by atoms with van der Waals surface area (Å²) in [6.07, 6.45) is -5.54. The molecule has 0 aliphatic heterocycles. The first kappa shape index (κ1) is 14.3. The van der Waals surface area contributed by atoms with Crippen molar-refractivity contribution in [3.63, 3.8) is 0 Å². The number of aliphatic hydroxyl groups is 1.